The summed E-state index contributed by atoms with van der Waals surface area (Å²) in [4.78, 5) is 32.6. The molecule has 0 aliphatic rings. The summed E-state index contributed by atoms with van der Waals surface area (Å²) in [6.45, 7) is 1.97. The molecule has 0 bridgehead atoms. The molecule has 164 valence electrons. The third-order valence-corrected chi connectivity index (χ3v) is 5.47. The van der Waals surface area contributed by atoms with Crippen LogP contribution in [0.1, 0.15) is 34.9 Å². The second-order valence-electron chi connectivity index (χ2n) is 7.10. The number of hydrogen-bond acceptors (Lipinski definition) is 5. The molecular formula is C25H24LiN3O3S. The Labute approximate surface area is 211 Å². The fraction of sp³-hybridized carbons (Fsp3) is 0.200. The summed E-state index contributed by atoms with van der Waals surface area (Å²) in [7, 11) is 0. The molecule has 6 nitrogen and oxygen atoms in total. The molecule has 0 saturated carbocycles. The Morgan fingerprint density at radius 2 is 1.79 bits per heavy atom. The number of thioether (sulfide) groups is 1. The van der Waals surface area contributed by atoms with Gasteiger partial charge in [0.1, 0.15) is 12.4 Å². The van der Waals surface area contributed by atoms with E-state index in [2.05, 4.69) is 27.1 Å². The second-order valence-corrected chi connectivity index (χ2v) is 8.08. The van der Waals surface area contributed by atoms with E-state index >= 15 is 0 Å². The number of nitrogens with zero attached hydrogens (tertiary/aromatic N) is 2. The third-order valence-electron chi connectivity index (χ3n) is 4.83. The number of aryl methyl sites for hydroxylation is 1. The normalized spacial score (nSPS) is 10.8. The minimum atomic E-state index is -1.04. The van der Waals surface area contributed by atoms with Crippen molar-refractivity contribution in [2.75, 3.05) is 12.0 Å². The predicted octanol–water partition coefficient (Wildman–Crippen LogP) is 0.904. The van der Waals surface area contributed by atoms with Gasteiger partial charge in [0.2, 0.25) is 0 Å². The second kappa shape index (κ2) is 12.9. The SMILES string of the molecule is CSCCC(NC(=O)c1ccc(C#Cc2cncnc2)cc1-c1ccccc1C)C(=O)O.[H-].[Li+]. The van der Waals surface area contributed by atoms with Crippen molar-refractivity contribution < 1.29 is 35.0 Å². The van der Waals surface area contributed by atoms with E-state index < -0.39 is 17.9 Å². The van der Waals surface area contributed by atoms with Crippen LogP contribution in [0.5, 0.6) is 0 Å². The van der Waals surface area contributed by atoms with Crippen molar-refractivity contribution in [3.05, 3.63) is 83.4 Å². The predicted molar refractivity (Wildman–Crippen MR) is 128 cm³/mol. The maximum absolute atomic E-state index is 13.1. The molecule has 2 aromatic carbocycles. The number of carbonyl (C=O) groups is 2. The molecule has 1 atom stereocenters. The summed E-state index contributed by atoms with van der Waals surface area (Å²) in [6, 6.07) is 12.1. The zero-order chi connectivity index (χ0) is 22.9. The van der Waals surface area contributed by atoms with Crippen molar-refractivity contribution in [3.8, 4) is 23.0 Å². The maximum Gasteiger partial charge on any atom is 1.00 e. The number of carboxylic acids is 1. The third kappa shape index (κ3) is 7.23. The molecule has 1 heterocycles. The molecule has 1 unspecified atom stereocenters. The summed E-state index contributed by atoms with van der Waals surface area (Å²) in [5, 5.41) is 12.2. The van der Waals surface area contributed by atoms with Gasteiger partial charge in [-0.15, -0.1) is 0 Å². The van der Waals surface area contributed by atoms with Gasteiger partial charge in [-0.1, -0.05) is 36.1 Å². The van der Waals surface area contributed by atoms with Crippen LogP contribution in [0.2, 0.25) is 0 Å². The van der Waals surface area contributed by atoms with E-state index in [0.29, 0.717) is 28.9 Å². The van der Waals surface area contributed by atoms with Crippen molar-refractivity contribution in [2.24, 2.45) is 0 Å². The summed E-state index contributed by atoms with van der Waals surface area (Å²) in [6.07, 6.45) is 6.96. The Hall–Kier alpha value is -3.03. The van der Waals surface area contributed by atoms with E-state index in [1.807, 2.05) is 43.5 Å². The van der Waals surface area contributed by atoms with Crippen LogP contribution in [0.3, 0.4) is 0 Å². The number of aliphatic carboxylic acids is 1. The fourth-order valence-corrected chi connectivity index (χ4v) is 3.63. The number of aromatic nitrogens is 2. The first-order chi connectivity index (χ1) is 15.5. The number of carbonyl (C=O) groups excluding carboxylic acids is 1. The largest absolute Gasteiger partial charge is 1.00 e. The number of amides is 1. The van der Waals surface area contributed by atoms with E-state index in [1.165, 1.54) is 18.1 Å². The molecule has 0 spiro atoms. The van der Waals surface area contributed by atoms with Crippen LogP contribution in [-0.2, 0) is 4.79 Å². The van der Waals surface area contributed by atoms with Crippen LogP contribution >= 0.6 is 11.8 Å². The molecular weight excluding hydrogens is 429 g/mol. The van der Waals surface area contributed by atoms with Crippen molar-refractivity contribution in [1.82, 2.24) is 15.3 Å². The van der Waals surface area contributed by atoms with Crippen LogP contribution in [-0.4, -0.2) is 45.0 Å². The van der Waals surface area contributed by atoms with Gasteiger partial charge in [0.05, 0.1) is 5.56 Å². The molecule has 1 amide bonds. The average Bonchev–Trinajstić information content (AvgIpc) is 2.81. The Morgan fingerprint density at radius 1 is 1.09 bits per heavy atom. The van der Waals surface area contributed by atoms with Crippen LogP contribution in [0.4, 0.5) is 0 Å². The Balaban J connectivity index is 0.00000289. The minimum Gasteiger partial charge on any atom is -1.00 e. The first-order valence-electron chi connectivity index (χ1n) is 9.99. The van der Waals surface area contributed by atoms with E-state index in [-0.39, 0.29) is 20.3 Å². The fourth-order valence-electron chi connectivity index (χ4n) is 3.16. The molecule has 33 heavy (non-hydrogen) atoms. The van der Waals surface area contributed by atoms with Crippen molar-refractivity contribution in [2.45, 2.75) is 19.4 Å². The molecule has 3 rings (SSSR count). The van der Waals surface area contributed by atoms with Crippen LogP contribution in [0, 0.1) is 18.8 Å². The number of nitrogens with one attached hydrogen (secondary N) is 1. The Kier molecular flexibility index (Phi) is 10.2. The van der Waals surface area contributed by atoms with Crippen molar-refractivity contribution >= 4 is 23.6 Å². The van der Waals surface area contributed by atoms with Gasteiger partial charge in [0.25, 0.3) is 5.91 Å². The monoisotopic (exact) mass is 453 g/mol. The molecule has 0 aliphatic carbocycles. The molecule has 0 saturated heterocycles. The van der Waals surface area contributed by atoms with E-state index in [4.69, 9.17) is 0 Å². The summed E-state index contributed by atoms with van der Waals surface area (Å²) in [5.41, 5.74) is 4.40. The molecule has 2 N–H and O–H groups in total. The Morgan fingerprint density at radius 3 is 2.45 bits per heavy atom. The first kappa shape index (κ1) is 26.2. The van der Waals surface area contributed by atoms with Crippen LogP contribution in [0.25, 0.3) is 11.1 Å². The standard InChI is InChI=1S/C25H23N3O3S.Li.H/c1-17-5-3-4-6-20(17)22-13-18(7-8-19-14-26-16-27-15-19)9-10-21(22)24(29)28-23(25(30)31)11-12-32-2;;/h3-6,9-10,13-16,23H,11-12H2,1-2H3,(H,28,29)(H,30,31);;/q;+1;-1. The number of rotatable bonds is 7. The van der Waals surface area contributed by atoms with Crippen LogP contribution in [0.15, 0.2) is 61.2 Å². The van der Waals surface area contributed by atoms with Gasteiger partial charge in [-0.25, -0.2) is 14.8 Å². The van der Waals surface area contributed by atoms with Gasteiger partial charge in [-0.05, 0) is 60.2 Å². The van der Waals surface area contributed by atoms with Crippen LogP contribution < -0.4 is 24.2 Å². The zero-order valence-corrected chi connectivity index (χ0v) is 19.6. The van der Waals surface area contributed by atoms with Gasteiger partial charge in [-0.2, -0.15) is 11.8 Å². The number of benzene rings is 2. The maximum atomic E-state index is 13.1. The molecule has 3 aromatic rings. The molecule has 0 fully saturated rings. The first-order valence-corrected chi connectivity index (χ1v) is 11.4. The molecule has 0 radical (unpaired) electrons. The quantitative estimate of drug-likeness (QED) is 0.408. The van der Waals surface area contributed by atoms with E-state index in [0.717, 1.165) is 16.7 Å². The van der Waals surface area contributed by atoms with E-state index in [9.17, 15) is 14.7 Å². The molecule has 8 heteroatoms. The number of carboxylic acid groups (broad SMARTS) is 1. The zero-order valence-electron chi connectivity index (χ0n) is 19.8. The summed E-state index contributed by atoms with van der Waals surface area (Å²) in [5.74, 6) is 5.27. The van der Waals surface area contributed by atoms with Crippen molar-refractivity contribution in [1.29, 1.82) is 0 Å². The topological polar surface area (TPSA) is 92.2 Å². The minimum absolute atomic E-state index is 0. The van der Waals surface area contributed by atoms with Gasteiger partial charge in [0.15, 0.2) is 0 Å². The van der Waals surface area contributed by atoms with Gasteiger partial charge < -0.3 is 11.8 Å². The number of hydrogen-bond donors (Lipinski definition) is 2. The molecule has 0 aliphatic heterocycles. The summed E-state index contributed by atoms with van der Waals surface area (Å²) >= 11 is 1.54. The van der Waals surface area contributed by atoms with Gasteiger partial charge in [0, 0.05) is 23.5 Å². The van der Waals surface area contributed by atoms with Gasteiger partial charge in [-0.3, -0.25) is 4.79 Å². The summed E-state index contributed by atoms with van der Waals surface area (Å²) < 4.78 is 0. The smallest absolute Gasteiger partial charge is 1.00 e. The molecule has 1 aromatic heterocycles. The van der Waals surface area contributed by atoms with Gasteiger partial charge >= 0.3 is 24.8 Å². The van der Waals surface area contributed by atoms with Crippen molar-refractivity contribution in [3.63, 3.8) is 0 Å². The Bertz CT molecular complexity index is 1180. The average molecular weight is 453 g/mol. The van der Waals surface area contributed by atoms with E-state index in [1.54, 1.807) is 24.5 Å².